The molecule has 126 valence electrons. The third-order valence-corrected chi connectivity index (χ3v) is 4.35. The molecule has 0 aliphatic heterocycles. The highest BCUT2D eigenvalue weighted by atomic mass is 127. The van der Waals surface area contributed by atoms with E-state index in [1.54, 1.807) is 0 Å². The number of hydrogen-bond acceptors (Lipinski definition) is 4. The number of halogens is 1. The van der Waals surface area contributed by atoms with E-state index in [0.717, 1.165) is 29.3 Å². The largest absolute Gasteiger partial charge is 0.475 e. The Hall–Kier alpha value is -1.21. The lowest BCUT2D eigenvalue weighted by Gasteiger charge is -2.27. The molecular formula is C18H25IN2O2. The van der Waals surface area contributed by atoms with Crippen LogP contribution in [0.2, 0.25) is 0 Å². The average Bonchev–Trinajstić information content (AvgIpc) is 3.36. The zero-order valence-corrected chi connectivity index (χ0v) is 15.5. The zero-order chi connectivity index (χ0) is 16.7. The number of alkyl halides is 1. The van der Waals surface area contributed by atoms with Crippen molar-refractivity contribution in [1.29, 1.82) is 0 Å². The maximum Gasteiger partial charge on any atom is 0.179 e. The SMILES string of the molecule is C=C(N[C@@H](CCI)C(O)C(=C)NC1CC1)OCc1ccccc1. The second-order valence-electron chi connectivity index (χ2n) is 5.81. The van der Waals surface area contributed by atoms with Crippen LogP contribution in [-0.4, -0.2) is 27.7 Å². The summed E-state index contributed by atoms with van der Waals surface area (Å²) >= 11 is 2.30. The van der Waals surface area contributed by atoms with Crippen LogP contribution in [0.15, 0.2) is 55.1 Å². The normalized spacial score (nSPS) is 16.3. The molecular weight excluding hydrogens is 403 g/mol. The molecule has 5 heteroatoms. The summed E-state index contributed by atoms with van der Waals surface area (Å²) in [4.78, 5) is 0. The minimum absolute atomic E-state index is 0.158. The van der Waals surface area contributed by atoms with Crippen LogP contribution in [0.3, 0.4) is 0 Å². The van der Waals surface area contributed by atoms with Crippen molar-refractivity contribution < 1.29 is 9.84 Å². The Labute approximate surface area is 152 Å². The van der Waals surface area contributed by atoms with Gasteiger partial charge in [0.25, 0.3) is 0 Å². The van der Waals surface area contributed by atoms with E-state index in [0.29, 0.717) is 24.2 Å². The van der Waals surface area contributed by atoms with Crippen molar-refractivity contribution in [3.05, 3.63) is 60.6 Å². The van der Waals surface area contributed by atoms with E-state index in [4.69, 9.17) is 4.74 Å². The number of rotatable bonds is 11. The van der Waals surface area contributed by atoms with Crippen LogP contribution in [0, 0.1) is 0 Å². The molecule has 1 unspecified atom stereocenters. The first kappa shape index (κ1) is 18.1. The lowest BCUT2D eigenvalue weighted by Crippen LogP contribution is -2.44. The van der Waals surface area contributed by atoms with Crippen molar-refractivity contribution >= 4 is 22.6 Å². The van der Waals surface area contributed by atoms with Crippen LogP contribution in [0.5, 0.6) is 0 Å². The molecule has 0 saturated heterocycles. The number of aliphatic hydroxyl groups excluding tert-OH is 1. The number of nitrogens with one attached hydrogen (secondary N) is 2. The summed E-state index contributed by atoms with van der Waals surface area (Å²) in [6.45, 7) is 8.33. The van der Waals surface area contributed by atoms with Gasteiger partial charge in [-0.3, -0.25) is 0 Å². The van der Waals surface area contributed by atoms with Gasteiger partial charge in [-0.25, -0.2) is 0 Å². The fourth-order valence-electron chi connectivity index (χ4n) is 2.24. The van der Waals surface area contributed by atoms with Gasteiger partial charge >= 0.3 is 0 Å². The van der Waals surface area contributed by atoms with Gasteiger partial charge < -0.3 is 20.5 Å². The number of aliphatic hydroxyl groups is 1. The van der Waals surface area contributed by atoms with Gasteiger partial charge in [0.2, 0.25) is 0 Å². The smallest absolute Gasteiger partial charge is 0.179 e. The lowest BCUT2D eigenvalue weighted by atomic mass is 10.1. The van der Waals surface area contributed by atoms with Crippen molar-refractivity contribution in [2.75, 3.05) is 4.43 Å². The molecule has 1 aromatic rings. The van der Waals surface area contributed by atoms with Gasteiger partial charge in [-0.05, 0) is 31.4 Å². The molecule has 0 bridgehead atoms. The molecule has 1 fully saturated rings. The Balaban J connectivity index is 1.81. The summed E-state index contributed by atoms with van der Waals surface area (Å²) in [7, 11) is 0. The minimum Gasteiger partial charge on any atom is -0.475 e. The van der Waals surface area contributed by atoms with E-state index < -0.39 is 6.10 Å². The zero-order valence-electron chi connectivity index (χ0n) is 13.3. The Morgan fingerprint density at radius 3 is 2.61 bits per heavy atom. The fourth-order valence-corrected chi connectivity index (χ4v) is 2.91. The van der Waals surface area contributed by atoms with Crippen LogP contribution >= 0.6 is 22.6 Å². The van der Waals surface area contributed by atoms with Crippen LogP contribution in [0.1, 0.15) is 24.8 Å². The minimum atomic E-state index is -0.664. The monoisotopic (exact) mass is 428 g/mol. The maximum atomic E-state index is 10.5. The molecule has 2 rings (SSSR count). The highest BCUT2D eigenvalue weighted by molar-refractivity contribution is 14.1. The second-order valence-corrected chi connectivity index (χ2v) is 6.89. The van der Waals surface area contributed by atoms with Gasteiger partial charge in [-0.1, -0.05) is 59.5 Å². The van der Waals surface area contributed by atoms with E-state index in [1.807, 2.05) is 30.3 Å². The van der Waals surface area contributed by atoms with Gasteiger partial charge in [0.05, 0.1) is 6.04 Å². The molecule has 1 saturated carbocycles. The average molecular weight is 428 g/mol. The Morgan fingerprint density at radius 2 is 2.00 bits per heavy atom. The number of benzene rings is 1. The summed E-state index contributed by atoms with van der Waals surface area (Å²) < 4.78 is 6.58. The van der Waals surface area contributed by atoms with E-state index >= 15 is 0 Å². The van der Waals surface area contributed by atoms with Gasteiger partial charge in [0.15, 0.2) is 5.88 Å². The van der Waals surface area contributed by atoms with Gasteiger partial charge in [0.1, 0.15) is 12.7 Å². The van der Waals surface area contributed by atoms with Crippen LogP contribution < -0.4 is 10.6 Å². The predicted octanol–water partition coefficient (Wildman–Crippen LogP) is 3.08. The molecule has 0 spiro atoms. The summed E-state index contributed by atoms with van der Waals surface area (Å²) in [5, 5.41) is 17.0. The standard InChI is InChI=1S/C18H25IN2O2/c1-13(20-16-8-9-16)18(22)17(10-11-19)21-14(2)23-12-15-6-4-3-5-7-15/h3-7,16-18,20-22H,1-2,8-12H2/t17-,18?/m0/s1. The molecule has 0 radical (unpaired) electrons. The third kappa shape index (κ3) is 6.43. The molecule has 4 nitrogen and oxygen atoms in total. The van der Waals surface area contributed by atoms with Crippen molar-refractivity contribution in [2.24, 2.45) is 0 Å². The molecule has 23 heavy (non-hydrogen) atoms. The summed E-state index contributed by atoms with van der Waals surface area (Å²) in [6.07, 6.45) is 2.45. The molecule has 1 aliphatic carbocycles. The molecule has 3 N–H and O–H groups in total. The highest BCUT2D eigenvalue weighted by Crippen LogP contribution is 2.21. The van der Waals surface area contributed by atoms with Crippen LogP contribution in [-0.2, 0) is 11.3 Å². The van der Waals surface area contributed by atoms with E-state index in [2.05, 4.69) is 46.4 Å². The Morgan fingerprint density at radius 1 is 1.30 bits per heavy atom. The van der Waals surface area contributed by atoms with E-state index in [9.17, 15) is 5.11 Å². The van der Waals surface area contributed by atoms with Gasteiger partial charge in [-0.15, -0.1) is 0 Å². The fraction of sp³-hybridized carbons (Fsp3) is 0.444. The molecule has 1 aromatic carbocycles. The number of ether oxygens (including phenoxy) is 1. The van der Waals surface area contributed by atoms with Crippen molar-refractivity contribution in [1.82, 2.24) is 10.6 Å². The van der Waals surface area contributed by atoms with E-state index in [-0.39, 0.29) is 6.04 Å². The first-order chi connectivity index (χ1) is 11.1. The van der Waals surface area contributed by atoms with Crippen molar-refractivity contribution in [3.63, 3.8) is 0 Å². The summed E-state index contributed by atoms with van der Waals surface area (Å²) in [5.41, 5.74) is 1.76. The lowest BCUT2D eigenvalue weighted by molar-refractivity contribution is 0.122. The summed E-state index contributed by atoms with van der Waals surface area (Å²) in [5.74, 6) is 0.474. The highest BCUT2D eigenvalue weighted by Gasteiger charge is 2.27. The molecule has 0 aromatic heterocycles. The molecule has 0 heterocycles. The molecule has 1 aliphatic rings. The van der Waals surface area contributed by atoms with Crippen LogP contribution in [0.4, 0.5) is 0 Å². The molecule has 2 atom stereocenters. The Bertz CT molecular complexity index is 517. The van der Waals surface area contributed by atoms with Crippen molar-refractivity contribution in [3.8, 4) is 0 Å². The van der Waals surface area contributed by atoms with E-state index in [1.165, 1.54) is 0 Å². The quantitative estimate of drug-likeness (QED) is 0.288. The molecule has 0 amide bonds. The maximum absolute atomic E-state index is 10.5. The first-order valence-electron chi connectivity index (χ1n) is 7.91. The Kier molecular flexibility index (Phi) is 7.23. The topological polar surface area (TPSA) is 53.5 Å². The van der Waals surface area contributed by atoms with Crippen LogP contribution in [0.25, 0.3) is 0 Å². The van der Waals surface area contributed by atoms with Crippen molar-refractivity contribution in [2.45, 2.75) is 44.1 Å². The second kappa shape index (κ2) is 9.17. The summed E-state index contributed by atoms with van der Waals surface area (Å²) in [6, 6.07) is 10.3. The number of hydrogen-bond donors (Lipinski definition) is 3. The third-order valence-electron chi connectivity index (χ3n) is 3.73. The predicted molar refractivity (Wildman–Crippen MR) is 102 cm³/mol. The first-order valence-corrected chi connectivity index (χ1v) is 9.44. The van der Waals surface area contributed by atoms with Gasteiger partial charge in [0, 0.05) is 16.2 Å². The van der Waals surface area contributed by atoms with Gasteiger partial charge in [-0.2, -0.15) is 0 Å².